The Morgan fingerprint density at radius 2 is 1.91 bits per heavy atom. The number of aromatic nitrogens is 2. The molecule has 182 valence electrons. The minimum Gasteiger partial charge on any atom is -0.393 e. The molecule has 5 rings (SSSR count). The average Bonchev–Trinajstić information content (AvgIpc) is 3.48. The van der Waals surface area contributed by atoms with Crippen molar-refractivity contribution in [3.8, 4) is 5.69 Å². The van der Waals surface area contributed by atoms with Gasteiger partial charge in [0, 0.05) is 18.5 Å². The number of amides is 1. The van der Waals surface area contributed by atoms with Crippen LogP contribution >= 0.6 is 0 Å². The number of anilines is 1. The summed E-state index contributed by atoms with van der Waals surface area (Å²) in [6.45, 7) is 4.12. The molecule has 2 fully saturated rings. The third-order valence-electron chi connectivity index (χ3n) is 7.42. The SMILES string of the molecule is CC1(C)CC(=O)c2c(CC3CC3)nn(-c3cc(F)c(C(N)=O)c(NC4CCC(O)CC4)c3)c2C1. The summed E-state index contributed by atoms with van der Waals surface area (Å²) >= 11 is 0. The van der Waals surface area contributed by atoms with Gasteiger partial charge in [-0.15, -0.1) is 0 Å². The lowest BCUT2D eigenvalue weighted by molar-refractivity contribution is 0.0909. The summed E-state index contributed by atoms with van der Waals surface area (Å²) in [6, 6.07) is 3.01. The second-order valence-corrected chi connectivity index (χ2v) is 11.1. The number of benzene rings is 1. The number of aliphatic hydroxyl groups excluding tert-OH is 1. The van der Waals surface area contributed by atoms with Gasteiger partial charge in [0.25, 0.3) is 5.91 Å². The van der Waals surface area contributed by atoms with Gasteiger partial charge in [0.2, 0.25) is 0 Å². The summed E-state index contributed by atoms with van der Waals surface area (Å²) in [4.78, 5) is 25.2. The number of carbonyl (C=O) groups excluding carboxylic acids is 2. The highest BCUT2D eigenvalue weighted by Crippen LogP contribution is 2.40. The van der Waals surface area contributed by atoms with Gasteiger partial charge >= 0.3 is 0 Å². The monoisotopic (exact) mass is 468 g/mol. The van der Waals surface area contributed by atoms with E-state index in [1.54, 1.807) is 10.7 Å². The standard InChI is InChI=1S/C26H33FN4O3/c1-26(2)12-21-24(22(33)13-26)20(9-14-3-4-14)30-31(21)16-10-18(27)23(25(28)34)19(11-16)29-15-5-7-17(32)8-6-15/h10-11,14-15,17,29,32H,3-9,12-13H2,1-2H3,(H2,28,34). The van der Waals surface area contributed by atoms with Gasteiger partial charge in [-0.2, -0.15) is 5.10 Å². The van der Waals surface area contributed by atoms with Crippen molar-refractivity contribution < 1.29 is 19.1 Å². The Morgan fingerprint density at radius 1 is 1.21 bits per heavy atom. The Hall–Kier alpha value is -2.74. The van der Waals surface area contributed by atoms with Crippen molar-refractivity contribution in [2.45, 2.75) is 83.8 Å². The molecule has 0 bridgehead atoms. The molecule has 0 aliphatic heterocycles. The molecule has 1 amide bonds. The molecule has 34 heavy (non-hydrogen) atoms. The number of rotatable bonds is 6. The highest BCUT2D eigenvalue weighted by molar-refractivity contribution is 6.00. The van der Waals surface area contributed by atoms with Crippen molar-refractivity contribution in [1.82, 2.24) is 9.78 Å². The molecule has 4 N–H and O–H groups in total. The predicted octanol–water partition coefficient (Wildman–Crippen LogP) is 3.93. The summed E-state index contributed by atoms with van der Waals surface area (Å²) in [5.41, 5.74) is 8.26. The highest BCUT2D eigenvalue weighted by Gasteiger charge is 2.38. The van der Waals surface area contributed by atoms with Crippen LogP contribution in [0.15, 0.2) is 12.1 Å². The van der Waals surface area contributed by atoms with Crippen LogP contribution in [0.2, 0.25) is 0 Å². The predicted molar refractivity (Wildman–Crippen MR) is 127 cm³/mol. The van der Waals surface area contributed by atoms with Crippen LogP contribution in [-0.4, -0.2) is 38.7 Å². The van der Waals surface area contributed by atoms with E-state index >= 15 is 4.39 Å². The van der Waals surface area contributed by atoms with Crippen molar-refractivity contribution in [2.75, 3.05) is 5.32 Å². The maximum absolute atomic E-state index is 15.3. The lowest BCUT2D eigenvalue weighted by Crippen LogP contribution is -2.30. The van der Waals surface area contributed by atoms with Crippen LogP contribution in [-0.2, 0) is 12.8 Å². The number of nitrogens with one attached hydrogen (secondary N) is 1. The fourth-order valence-electron chi connectivity index (χ4n) is 5.50. The number of aliphatic hydroxyl groups is 1. The molecule has 0 radical (unpaired) electrons. The van der Waals surface area contributed by atoms with Gasteiger partial charge in [-0.25, -0.2) is 9.07 Å². The quantitative estimate of drug-likeness (QED) is 0.595. The summed E-state index contributed by atoms with van der Waals surface area (Å²) in [5.74, 6) is -0.891. The molecule has 2 saturated carbocycles. The number of fused-ring (bicyclic) bond motifs is 1. The molecule has 3 aliphatic rings. The van der Waals surface area contributed by atoms with Crippen molar-refractivity contribution in [2.24, 2.45) is 17.1 Å². The normalized spacial score (nSPS) is 24.1. The van der Waals surface area contributed by atoms with Gasteiger partial charge in [-0.3, -0.25) is 9.59 Å². The van der Waals surface area contributed by atoms with Gasteiger partial charge in [-0.1, -0.05) is 13.8 Å². The smallest absolute Gasteiger partial charge is 0.253 e. The molecule has 8 heteroatoms. The third-order valence-corrected chi connectivity index (χ3v) is 7.42. The molecule has 0 spiro atoms. The summed E-state index contributed by atoms with van der Waals surface area (Å²) in [7, 11) is 0. The van der Waals surface area contributed by atoms with E-state index in [-0.39, 0.29) is 28.9 Å². The fourth-order valence-corrected chi connectivity index (χ4v) is 5.50. The molecular formula is C26H33FN4O3. The van der Waals surface area contributed by atoms with E-state index in [2.05, 4.69) is 19.2 Å². The van der Waals surface area contributed by atoms with Crippen LogP contribution in [0.1, 0.15) is 90.9 Å². The van der Waals surface area contributed by atoms with Gasteiger partial charge in [0.05, 0.1) is 40.0 Å². The van der Waals surface area contributed by atoms with Crippen LogP contribution in [0.5, 0.6) is 0 Å². The maximum atomic E-state index is 15.3. The molecular weight excluding hydrogens is 435 g/mol. The number of hydrogen-bond acceptors (Lipinski definition) is 5. The van der Waals surface area contributed by atoms with Gasteiger partial charge in [-0.05, 0) is 68.8 Å². The van der Waals surface area contributed by atoms with Crippen molar-refractivity contribution in [3.05, 3.63) is 40.5 Å². The summed E-state index contributed by atoms with van der Waals surface area (Å²) in [5, 5.41) is 17.9. The molecule has 0 unspecified atom stereocenters. The molecule has 0 atom stereocenters. The lowest BCUT2D eigenvalue weighted by atomic mass is 9.75. The Labute approximate surface area is 198 Å². The van der Waals surface area contributed by atoms with E-state index < -0.39 is 11.7 Å². The zero-order valence-corrected chi connectivity index (χ0v) is 19.9. The number of hydrogen-bond donors (Lipinski definition) is 3. The van der Waals surface area contributed by atoms with Crippen molar-refractivity contribution in [3.63, 3.8) is 0 Å². The molecule has 2 aromatic rings. The lowest BCUT2D eigenvalue weighted by Gasteiger charge is -2.29. The number of Topliss-reactive ketones (excluding diaryl/α,β-unsaturated/α-hetero) is 1. The van der Waals surface area contributed by atoms with E-state index in [9.17, 15) is 14.7 Å². The van der Waals surface area contributed by atoms with E-state index in [0.717, 1.165) is 43.5 Å². The third kappa shape index (κ3) is 4.48. The minimum absolute atomic E-state index is 0.00799. The number of nitrogens with zero attached hydrogens (tertiary/aromatic N) is 2. The Kier molecular flexibility index (Phi) is 5.74. The number of carbonyl (C=O) groups is 2. The first-order valence-corrected chi connectivity index (χ1v) is 12.3. The van der Waals surface area contributed by atoms with E-state index in [4.69, 9.17) is 10.8 Å². The first kappa shape index (κ1) is 23.0. The first-order chi connectivity index (χ1) is 16.1. The average molecular weight is 469 g/mol. The highest BCUT2D eigenvalue weighted by atomic mass is 19.1. The summed E-state index contributed by atoms with van der Waals surface area (Å²) < 4.78 is 17.0. The maximum Gasteiger partial charge on any atom is 0.253 e. The second-order valence-electron chi connectivity index (χ2n) is 11.1. The minimum atomic E-state index is -0.837. The van der Waals surface area contributed by atoms with Crippen LogP contribution in [0.3, 0.4) is 0 Å². The van der Waals surface area contributed by atoms with Gasteiger partial charge in [0.1, 0.15) is 5.82 Å². The zero-order valence-electron chi connectivity index (χ0n) is 19.9. The second kappa shape index (κ2) is 8.48. The molecule has 1 aromatic carbocycles. The largest absolute Gasteiger partial charge is 0.393 e. The van der Waals surface area contributed by atoms with E-state index in [1.165, 1.54) is 6.07 Å². The Bertz CT molecular complexity index is 1140. The van der Waals surface area contributed by atoms with E-state index in [0.29, 0.717) is 48.5 Å². The van der Waals surface area contributed by atoms with Crippen LogP contribution in [0.25, 0.3) is 5.69 Å². The Balaban J connectivity index is 1.59. The fraction of sp³-hybridized carbons (Fsp3) is 0.577. The van der Waals surface area contributed by atoms with Crippen LogP contribution < -0.4 is 11.1 Å². The number of nitrogens with two attached hydrogens (primary N) is 1. The molecule has 1 heterocycles. The van der Waals surface area contributed by atoms with Gasteiger partial charge in [0.15, 0.2) is 5.78 Å². The van der Waals surface area contributed by atoms with Crippen LogP contribution in [0.4, 0.5) is 10.1 Å². The molecule has 7 nitrogen and oxygen atoms in total. The van der Waals surface area contributed by atoms with Crippen molar-refractivity contribution in [1.29, 1.82) is 0 Å². The molecule has 3 aliphatic carbocycles. The topological polar surface area (TPSA) is 110 Å². The molecule has 0 saturated heterocycles. The van der Waals surface area contributed by atoms with E-state index in [1.807, 2.05) is 0 Å². The number of ketones is 1. The van der Waals surface area contributed by atoms with Crippen molar-refractivity contribution >= 4 is 17.4 Å². The van der Waals surface area contributed by atoms with Gasteiger partial charge < -0.3 is 16.2 Å². The molecule has 1 aromatic heterocycles. The first-order valence-electron chi connectivity index (χ1n) is 12.3. The number of halogens is 1. The zero-order chi connectivity index (χ0) is 24.2. The summed E-state index contributed by atoms with van der Waals surface area (Å²) in [6.07, 6.45) is 6.61. The van der Waals surface area contributed by atoms with Crippen LogP contribution in [0, 0.1) is 17.2 Å². The Morgan fingerprint density at radius 3 is 2.56 bits per heavy atom. The number of primary amides is 1.